The normalized spacial score (nSPS) is 41.6. The number of amides is 1. The van der Waals surface area contributed by atoms with Crippen LogP contribution in [-0.2, 0) is 4.79 Å². The van der Waals surface area contributed by atoms with Gasteiger partial charge in [0.25, 0.3) is 0 Å². The van der Waals surface area contributed by atoms with Crippen LogP contribution >= 0.6 is 0 Å². The van der Waals surface area contributed by atoms with Gasteiger partial charge in [0.05, 0.1) is 5.41 Å². The fourth-order valence-electron chi connectivity index (χ4n) is 3.96. The number of carbonyl (C=O) groups excluding carboxylic acids is 1. The van der Waals surface area contributed by atoms with Crippen molar-refractivity contribution in [2.24, 2.45) is 17.1 Å². The predicted molar refractivity (Wildman–Crippen MR) is 66.4 cm³/mol. The number of rotatable bonds is 1. The first kappa shape index (κ1) is 11.5. The molecule has 3 N–H and O–H groups in total. The van der Waals surface area contributed by atoms with Crippen molar-refractivity contribution < 1.29 is 4.79 Å². The fourth-order valence-corrected chi connectivity index (χ4v) is 3.96. The third-order valence-electron chi connectivity index (χ3n) is 4.98. The van der Waals surface area contributed by atoms with E-state index in [2.05, 4.69) is 5.32 Å². The van der Waals surface area contributed by atoms with Crippen molar-refractivity contribution in [3.05, 3.63) is 0 Å². The average molecular weight is 237 g/mol. The van der Waals surface area contributed by atoms with E-state index in [0.29, 0.717) is 11.8 Å². The number of hydrogen-bond acceptors (Lipinski definition) is 3. The molecule has 1 saturated carbocycles. The Labute approximate surface area is 103 Å². The smallest absolute Gasteiger partial charge is 0.230 e. The summed E-state index contributed by atoms with van der Waals surface area (Å²) in [5.74, 6) is 0.959. The second-order valence-electron chi connectivity index (χ2n) is 6.03. The Morgan fingerprint density at radius 3 is 3.00 bits per heavy atom. The van der Waals surface area contributed by atoms with Crippen LogP contribution in [0.4, 0.5) is 0 Å². The first-order valence-electron chi connectivity index (χ1n) is 6.98. The number of carbonyl (C=O) groups is 1. The minimum Gasteiger partial charge on any atom is -0.341 e. The van der Waals surface area contributed by atoms with Gasteiger partial charge in [-0.15, -0.1) is 0 Å². The molecule has 2 saturated heterocycles. The Bertz CT molecular complexity index is 320. The Hall–Kier alpha value is -0.610. The van der Waals surface area contributed by atoms with Gasteiger partial charge in [-0.3, -0.25) is 4.79 Å². The molecule has 1 aliphatic carbocycles. The maximum atomic E-state index is 12.8. The Morgan fingerprint density at radius 2 is 2.24 bits per heavy atom. The zero-order valence-corrected chi connectivity index (χ0v) is 10.5. The van der Waals surface area contributed by atoms with Gasteiger partial charge in [0.15, 0.2) is 0 Å². The van der Waals surface area contributed by atoms with E-state index < -0.39 is 0 Å². The number of likely N-dealkylation sites (tertiary alicyclic amines) is 1. The molecule has 0 aromatic rings. The van der Waals surface area contributed by atoms with Gasteiger partial charge in [0.1, 0.15) is 0 Å². The summed E-state index contributed by atoms with van der Waals surface area (Å²) < 4.78 is 0. The topological polar surface area (TPSA) is 58.4 Å². The Morgan fingerprint density at radius 1 is 1.35 bits per heavy atom. The molecule has 0 radical (unpaired) electrons. The van der Waals surface area contributed by atoms with Crippen LogP contribution in [-0.4, -0.2) is 43.0 Å². The summed E-state index contributed by atoms with van der Waals surface area (Å²) in [4.78, 5) is 14.8. The van der Waals surface area contributed by atoms with Crippen LogP contribution in [0, 0.1) is 11.3 Å². The van der Waals surface area contributed by atoms with Crippen molar-refractivity contribution in [1.82, 2.24) is 10.2 Å². The molecule has 0 spiro atoms. The first-order valence-corrected chi connectivity index (χ1v) is 6.98. The summed E-state index contributed by atoms with van der Waals surface area (Å²) in [6, 6.07) is 0.201. The summed E-state index contributed by atoms with van der Waals surface area (Å²) in [6.07, 6.45) is 5.78. The number of hydrogen-bond donors (Lipinski definition) is 2. The maximum Gasteiger partial charge on any atom is 0.230 e. The molecule has 0 aromatic carbocycles. The molecule has 3 aliphatic rings. The van der Waals surface area contributed by atoms with Crippen molar-refractivity contribution in [3.8, 4) is 0 Å². The predicted octanol–water partition coefficient (Wildman–Crippen LogP) is 0.326. The van der Waals surface area contributed by atoms with E-state index >= 15 is 0 Å². The average Bonchev–Trinajstić information content (AvgIpc) is 2.94. The Kier molecular flexibility index (Phi) is 2.87. The lowest BCUT2D eigenvalue weighted by Gasteiger charge is -2.39. The highest BCUT2D eigenvalue weighted by molar-refractivity contribution is 5.84. The molecule has 1 amide bonds. The second kappa shape index (κ2) is 4.25. The van der Waals surface area contributed by atoms with Crippen molar-refractivity contribution in [1.29, 1.82) is 0 Å². The molecular formula is C13H23N3O. The zero-order valence-electron chi connectivity index (χ0n) is 10.5. The number of nitrogens with one attached hydrogen (secondary N) is 1. The summed E-state index contributed by atoms with van der Waals surface area (Å²) in [5, 5.41) is 3.44. The largest absolute Gasteiger partial charge is 0.341 e. The van der Waals surface area contributed by atoms with Crippen LogP contribution in [0.5, 0.6) is 0 Å². The fraction of sp³-hybridized carbons (Fsp3) is 0.923. The molecule has 96 valence electrons. The van der Waals surface area contributed by atoms with Crippen LogP contribution < -0.4 is 11.1 Å². The Balaban J connectivity index is 1.79. The molecule has 4 nitrogen and oxygen atoms in total. The van der Waals surface area contributed by atoms with Crippen molar-refractivity contribution in [3.63, 3.8) is 0 Å². The van der Waals surface area contributed by atoms with E-state index in [1.807, 2.05) is 4.90 Å². The van der Waals surface area contributed by atoms with E-state index in [9.17, 15) is 4.79 Å². The molecular weight excluding hydrogens is 214 g/mol. The molecule has 2 aliphatic heterocycles. The highest BCUT2D eigenvalue weighted by Crippen LogP contribution is 2.45. The van der Waals surface area contributed by atoms with Gasteiger partial charge in [0, 0.05) is 25.7 Å². The van der Waals surface area contributed by atoms with Crippen LogP contribution in [0.1, 0.15) is 32.1 Å². The van der Waals surface area contributed by atoms with Crippen molar-refractivity contribution >= 4 is 5.91 Å². The van der Waals surface area contributed by atoms with Crippen LogP contribution in [0.3, 0.4) is 0 Å². The van der Waals surface area contributed by atoms with Crippen LogP contribution in [0.2, 0.25) is 0 Å². The number of nitrogens with zero attached hydrogens (tertiary/aromatic N) is 1. The van der Waals surface area contributed by atoms with E-state index in [1.165, 1.54) is 19.3 Å². The van der Waals surface area contributed by atoms with Crippen LogP contribution in [0.25, 0.3) is 0 Å². The van der Waals surface area contributed by atoms with Gasteiger partial charge in [-0.05, 0) is 31.7 Å². The molecule has 4 heteroatoms. The zero-order chi connectivity index (χ0) is 11.9. The van der Waals surface area contributed by atoms with Gasteiger partial charge in [-0.25, -0.2) is 0 Å². The van der Waals surface area contributed by atoms with Crippen molar-refractivity contribution in [2.45, 2.75) is 38.1 Å². The highest BCUT2D eigenvalue weighted by Gasteiger charge is 2.51. The molecule has 0 bridgehead atoms. The SMILES string of the molecule is NC1CCN(C(=O)[C@@]23CCCC[C@H]2CNC3)C1. The molecule has 0 aromatic heterocycles. The summed E-state index contributed by atoms with van der Waals surface area (Å²) in [7, 11) is 0. The molecule has 3 atom stereocenters. The number of nitrogens with two attached hydrogens (primary N) is 1. The highest BCUT2D eigenvalue weighted by atomic mass is 16.2. The van der Waals surface area contributed by atoms with E-state index in [-0.39, 0.29) is 11.5 Å². The summed E-state index contributed by atoms with van der Waals surface area (Å²) in [5.41, 5.74) is 5.84. The number of fused-ring (bicyclic) bond motifs is 1. The minimum absolute atomic E-state index is 0.0810. The minimum atomic E-state index is -0.0810. The lowest BCUT2D eigenvalue weighted by molar-refractivity contribution is -0.144. The molecule has 17 heavy (non-hydrogen) atoms. The molecule has 1 unspecified atom stereocenters. The van der Waals surface area contributed by atoms with Crippen molar-refractivity contribution in [2.75, 3.05) is 26.2 Å². The van der Waals surface area contributed by atoms with Gasteiger partial charge in [-0.2, -0.15) is 0 Å². The van der Waals surface area contributed by atoms with Gasteiger partial charge in [0.2, 0.25) is 5.91 Å². The lowest BCUT2D eigenvalue weighted by atomic mass is 9.67. The monoisotopic (exact) mass is 237 g/mol. The second-order valence-corrected chi connectivity index (χ2v) is 6.03. The van der Waals surface area contributed by atoms with Gasteiger partial charge in [-0.1, -0.05) is 12.8 Å². The van der Waals surface area contributed by atoms with Crippen LogP contribution in [0.15, 0.2) is 0 Å². The third-order valence-corrected chi connectivity index (χ3v) is 4.98. The molecule has 3 rings (SSSR count). The molecule has 2 heterocycles. The standard InChI is InChI=1S/C13H23N3O/c14-11-4-6-16(8-11)12(17)13-5-2-1-3-10(13)7-15-9-13/h10-11,15H,1-9,14H2/t10-,11?,13+/m0/s1. The quantitative estimate of drug-likeness (QED) is 0.691. The van der Waals surface area contributed by atoms with Gasteiger partial charge < -0.3 is 16.0 Å². The summed E-state index contributed by atoms with van der Waals surface area (Å²) in [6.45, 7) is 3.57. The first-order chi connectivity index (χ1) is 8.22. The van der Waals surface area contributed by atoms with E-state index in [1.54, 1.807) is 0 Å². The van der Waals surface area contributed by atoms with E-state index in [4.69, 9.17) is 5.73 Å². The lowest BCUT2D eigenvalue weighted by Crippen LogP contribution is -2.49. The van der Waals surface area contributed by atoms with E-state index in [0.717, 1.165) is 39.0 Å². The third kappa shape index (κ3) is 1.78. The summed E-state index contributed by atoms with van der Waals surface area (Å²) >= 11 is 0. The maximum absolute atomic E-state index is 12.8. The molecule has 3 fully saturated rings. The van der Waals surface area contributed by atoms with Gasteiger partial charge >= 0.3 is 0 Å².